The van der Waals surface area contributed by atoms with E-state index >= 15 is 0 Å². The fraction of sp³-hybridized carbons (Fsp3) is 0.188. The van der Waals surface area contributed by atoms with E-state index in [1.165, 1.54) is 0 Å². The van der Waals surface area contributed by atoms with Crippen molar-refractivity contribution in [3.63, 3.8) is 0 Å². The SMILES string of the molecule is CCC1(C#N)c2ccc(cc2)N=Nc2ccc1cc2. The third-order valence-corrected chi connectivity index (χ3v) is 3.72. The van der Waals surface area contributed by atoms with Crippen LogP contribution in [-0.2, 0) is 5.41 Å². The highest BCUT2D eigenvalue weighted by molar-refractivity contribution is 5.53. The van der Waals surface area contributed by atoms with E-state index in [4.69, 9.17) is 0 Å². The molecular formula is C16H13N3. The van der Waals surface area contributed by atoms with E-state index in [0.29, 0.717) is 0 Å². The van der Waals surface area contributed by atoms with E-state index in [1.54, 1.807) is 0 Å². The number of hydrogen-bond acceptors (Lipinski definition) is 3. The van der Waals surface area contributed by atoms with Crippen LogP contribution < -0.4 is 0 Å². The summed E-state index contributed by atoms with van der Waals surface area (Å²) in [7, 11) is 0. The molecule has 0 N–H and O–H groups in total. The lowest BCUT2D eigenvalue weighted by atomic mass is 9.74. The van der Waals surface area contributed by atoms with Crippen molar-refractivity contribution in [1.82, 2.24) is 0 Å². The van der Waals surface area contributed by atoms with Gasteiger partial charge in [0.1, 0.15) is 5.41 Å². The van der Waals surface area contributed by atoms with Gasteiger partial charge in [-0.05, 0) is 41.8 Å². The highest BCUT2D eigenvalue weighted by atomic mass is 15.1. The maximum absolute atomic E-state index is 9.74. The lowest BCUT2D eigenvalue weighted by Crippen LogP contribution is -2.24. The molecule has 4 aliphatic rings. The van der Waals surface area contributed by atoms with Gasteiger partial charge in [0.15, 0.2) is 0 Å². The Morgan fingerprint density at radius 2 is 1.32 bits per heavy atom. The summed E-state index contributed by atoms with van der Waals surface area (Å²) in [6.07, 6.45) is 0.733. The molecule has 0 aliphatic carbocycles. The van der Waals surface area contributed by atoms with Crippen molar-refractivity contribution < 1.29 is 0 Å². The topological polar surface area (TPSA) is 48.5 Å². The number of nitrogens with zero attached hydrogens (tertiary/aromatic N) is 3. The Morgan fingerprint density at radius 1 is 0.895 bits per heavy atom. The van der Waals surface area contributed by atoms with Crippen LogP contribution in [0.3, 0.4) is 0 Å². The molecule has 3 nitrogen and oxygen atoms in total. The first-order chi connectivity index (χ1) is 9.28. The predicted molar refractivity (Wildman–Crippen MR) is 73.7 cm³/mol. The first-order valence-electron chi connectivity index (χ1n) is 6.32. The minimum Gasteiger partial charge on any atom is -0.197 e. The molecule has 0 saturated carbocycles. The third kappa shape index (κ3) is 1.73. The second kappa shape index (κ2) is 4.33. The fourth-order valence-electron chi connectivity index (χ4n) is 2.52. The maximum Gasteiger partial charge on any atom is 0.107 e. The summed E-state index contributed by atoms with van der Waals surface area (Å²) in [4.78, 5) is 0. The molecule has 6 rings (SSSR count). The molecule has 0 fully saturated rings. The zero-order chi connectivity index (χ0) is 13.3. The van der Waals surface area contributed by atoms with Gasteiger partial charge in [0.25, 0.3) is 0 Å². The highest BCUT2D eigenvalue weighted by Crippen LogP contribution is 2.37. The minimum absolute atomic E-state index is 0.596. The zero-order valence-corrected chi connectivity index (χ0v) is 10.7. The molecule has 2 aromatic rings. The average Bonchev–Trinajstić information content (AvgIpc) is 2.56. The van der Waals surface area contributed by atoms with Crippen LogP contribution in [0.4, 0.5) is 11.4 Å². The third-order valence-electron chi connectivity index (χ3n) is 3.72. The fourth-order valence-corrected chi connectivity index (χ4v) is 2.52. The Labute approximate surface area is 112 Å². The number of rotatable bonds is 1. The van der Waals surface area contributed by atoms with E-state index < -0.39 is 5.41 Å². The normalized spacial score (nSPS) is 14.9. The van der Waals surface area contributed by atoms with E-state index in [0.717, 1.165) is 28.9 Å². The Balaban J connectivity index is 2.35. The van der Waals surface area contributed by atoms with Crippen LogP contribution in [0, 0.1) is 11.3 Å². The molecule has 4 bridgehead atoms. The molecule has 4 aliphatic heterocycles. The van der Waals surface area contributed by atoms with E-state index in [9.17, 15) is 5.26 Å². The summed E-state index contributed by atoms with van der Waals surface area (Å²) in [5.41, 5.74) is 3.02. The molecule has 0 radical (unpaired) electrons. The molecular weight excluding hydrogens is 234 g/mol. The maximum atomic E-state index is 9.74. The molecule has 0 saturated heterocycles. The monoisotopic (exact) mass is 247 g/mol. The smallest absolute Gasteiger partial charge is 0.107 e. The van der Waals surface area contributed by atoms with Gasteiger partial charge in [-0.1, -0.05) is 31.2 Å². The Kier molecular flexibility index (Phi) is 2.64. The highest BCUT2D eigenvalue weighted by Gasteiger charge is 2.32. The molecule has 0 spiro atoms. The van der Waals surface area contributed by atoms with Crippen molar-refractivity contribution in [2.45, 2.75) is 18.8 Å². The first-order valence-corrected chi connectivity index (χ1v) is 6.32. The van der Waals surface area contributed by atoms with Gasteiger partial charge in [0.2, 0.25) is 0 Å². The Morgan fingerprint density at radius 3 is 1.63 bits per heavy atom. The van der Waals surface area contributed by atoms with Crippen molar-refractivity contribution in [2.24, 2.45) is 10.2 Å². The molecule has 0 atom stereocenters. The standard InChI is InChI=1S/C16H13N3/c1-2-16(11-17)12-3-7-14(8-4-12)18-19-15-9-5-13(16)6-10-15/h3-10H,2H2,1H3. The molecule has 2 aromatic carbocycles. The second-order valence-electron chi connectivity index (χ2n) is 4.66. The Bertz CT molecular complexity index is 611. The van der Waals surface area contributed by atoms with Crippen molar-refractivity contribution in [3.8, 4) is 6.07 Å². The minimum atomic E-state index is -0.596. The van der Waals surface area contributed by atoms with Crippen molar-refractivity contribution in [3.05, 3.63) is 59.7 Å². The summed E-state index contributed by atoms with van der Waals surface area (Å²) in [6, 6.07) is 18.0. The van der Waals surface area contributed by atoms with Crippen molar-refractivity contribution in [1.29, 1.82) is 5.26 Å². The van der Waals surface area contributed by atoms with E-state index in [-0.39, 0.29) is 0 Å². The van der Waals surface area contributed by atoms with Gasteiger partial charge in [-0.2, -0.15) is 15.5 Å². The number of hydrogen-bond donors (Lipinski definition) is 0. The van der Waals surface area contributed by atoms with Gasteiger partial charge in [0.05, 0.1) is 17.4 Å². The number of azo groups is 1. The Hall–Kier alpha value is -2.47. The van der Waals surface area contributed by atoms with Crippen LogP contribution in [0.25, 0.3) is 0 Å². The number of nitriles is 1. The van der Waals surface area contributed by atoms with E-state index in [1.807, 2.05) is 55.5 Å². The van der Waals surface area contributed by atoms with Gasteiger partial charge in [-0.15, -0.1) is 0 Å². The molecule has 92 valence electrons. The number of benzene rings is 2. The lowest BCUT2D eigenvalue weighted by molar-refractivity contribution is 0.632. The largest absolute Gasteiger partial charge is 0.197 e. The molecule has 0 aromatic heterocycles. The molecule has 0 unspecified atom stereocenters. The molecule has 4 heterocycles. The summed E-state index contributed by atoms with van der Waals surface area (Å²) in [5.74, 6) is 0. The van der Waals surface area contributed by atoms with Crippen LogP contribution in [0.5, 0.6) is 0 Å². The van der Waals surface area contributed by atoms with Gasteiger partial charge in [-0.3, -0.25) is 0 Å². The van der Waals surface area contributed by atoms with Gasteiger partial charge in [-0.25, -0.2) is 0 Å². The van der Waals surface area contributed by atoms with Crippen LogP contribution in [0.2, 0.25) is 0 Å². The van der Waals surface area contributed by atoms with E-state index in [2.05, 4.69) is 16.3 Å². The van der Waals surface area contributed by atoms with Crippen LogP contribution >= 0.6 is 0 Å². The predicted octanol–water partition coefficient (Wildman–Crippen LogP) is 4.64. The quantitative estimate of drug-likeness (QED) is 0.724. The van der Waals surface area contributed by atoms with Crippen LogP contribution in [0.15, 0.2) is 58.8 Å². The molecule has 3 heteroatoms. The zero-order valence-electron chi connectivity index (χ0n) is 10.7. The van der Waals surface area contributed by atoms with Crippen LogP contribution in [-0.4, -0.2) is 0 Å². The van der Waals surface area contributed by atoms with Crippen molar-refractivity contribution in [2.75, 3.05) is 0 Å². The molecule has 19 heavy (non-hydrogen) atoms. The lowest BCUT2D eigenvalue weighted by Gasteiger charge is -2.26. The summed E-state index contributed by atoms with van der Waals surface area (Å²) >= 11 is 0. The second-order valence-corrected chi connectivity index (χ2v) is 4.66. The van der Waals surface area contributed by atoms with Crippen LogP contribution in [0.1, 0.15) is 24.5 Å². The van der Waals surface area contributed by atoms with Crippen molar-refractivity contribution >= 4 is 11.4 Å². The summed E-state index contributed by atoms with van der Waals surface area (Å²) < 4.78 is 0. The van der Waals surface area contributed by atoms with Gasteiger partial charge in [0, 0.05) is 0 Å². The van der Waals surface area contributed by atoms with Gasteiger partial charge >= 0.3 is 0 Å². The first kappa shape index (κ1) is 11.6. The summed E-state index contributed by atoms with van der Waals surface area (Å²) in [5, 5.41) is 18.1. The summed E-state index contributed by atoms with van der Waals surface area (Å²) in [6.45, 7) is 2.04. The average molecular weight is 247 g/mol. The van der Waals surface area contributed by atoms with Gasteiger partial charge < -0.3 is 0 Å². The molecule has 0 amide bonds.